The van der Waals surface area contributed by atoms with Crippen molar-refractivity contribution < 1.29 is 13.9 Å². The zero-order valence-electron chi connectivity index (χ0n) is 16.2. The van der Waals surface area contributed by atoms with Crippen molar-refractivity contribution in [2.24, 2.45) is 4.99 Å². The molecule has 0 aromatic heterocycles. The molecule has 150 valence electrons. The van der Waals surface area contributed by atoms with Crippen molar-refractivity contribution in [1.29, 1.82) is 0 Å². The minimum Gasteiger partial charge on any atom is -0.376 e. The predicted molar refractivity (Wildman–Crippen MR) is 105 cm³/mol. The van der Waals surface area contributed by atoms with E-state index in [9.17, 15) is 9.18 Å². The first-order valence-corrected chi connectivity index (χ1v) is 9.49. The number of hydrogen-bond acceptors (Lipinski definition) is 3. The molecule has 1 fully saturated rings. The lowest BCUT2D eigenvalue weighted by Crippen LogP contribution is -2.43. The standard InChI is InChI=1S/C19H28ClFN4O2/c1-24(2)18(26)12-23-19(22-11-15-6-4-5-9-27-15)25(3)13-14-7-8-16(20)17(21)10-14/h7-8,10,15H,4-6,9,11-13H2,1-3H3,(H,22,23). The van der Waals surface area contributed by atoms with Crippen LogP contribution in [0.5, 0.6) is 0 Å². The van der Waals surface area contributed by atoms with Gasteiger partial charge in [0.25, 0.3) is 0 Å². The maximum Gasteiger partial charge on any atom is 0.243 e. The maximum atomic E-state index is 13.7. The summed E-state index contributed by atoms with van der Waals surface area (Å²) in [7, 11) is 5.24. The number of carbonyl (C=O) groups is 1. The Labute approximate surface area is 165 Å². The van der Waals surface area contributed by atoms with Crippen LogP contribution in [0.15, 0.2) is 23.2 Å². The second-order valence-corrected chi connectivity index (χ2v) is 7.31. The van der Waals surface area contributed by atoms with Gasteiger partial charge in [0.1, 0.15) is 12.4 Å². The summed E-state index contributed by atoms with van der Waals surface area (Å²) in [6, 6.07) is 4.72. The van der Waals surface area contributed by atoms with Crippen LogP contribution in [0.2, 0.25) is 5.02 Å². The molecule has 8 heteroatoms. The smallest absolute Gasteiger partial charge is 0.243 e. The van der Waals surface area contributed by atoms with Crippen LogP contribution >= 0.6 is 11.6 Å². The van der Waals surface area contributed by atoms with Crippen molar-refractivity contribution in [3.05, 3.63) is 34.6 Å². The lowest BCUT2D eigenvalue weighted by molar-refractivity contribution is -0.127. The molecule has 0 saturated carbocycles. The number of guanidine groups is 1. The minimum atomic E-state index is -0.451. The molecule has 0 radical (unpaired) electrons. The van der Waals surface area contributed by atoms with Gasteiger partial charge in [-0.05, 0) is 37.0 Å². The Bertz CT molecular complexity index is 663. The van der Waals surface area contributed by atoms with Gasteiger partial charge in [-0.3, -0.25) is 4.79 Å². The third-order valence-electron chi connectivity index (χ3n) is 4.39. The van der Waals surface area contributed by atoms with E-state index in [0.717, 1.165) is 31.4 Å². The maximum absolute atomic E-state index is 13.7. The van der Waals surface area contributed by atoms with Crippen LogP contribution in [0.4, 0.5) is 4.39 Å². The fraction of sp³-hybridized carbons (Fsp3) is 0.579. The molecule has 0 bridgehead atoms. The average molecular weight is 399 g/mol. The van der Waals surface area contributed by atoms with E-state index in [1.165, 1.54) is 17.0 Å². The molecule has 2 rings (SSSR count). The number of rotatable bonds is 6. The topological polar surface area (TPSA) is 57.2 Å². The van der Waals surface area contributed by atoms with E-state index in [2.05, 4.69) is 10.3 Å². The Hall–Kier alpha value is -1.86. The summed E-state index contributed by atoms with van der Waals surface area (Å²) in [5.41, 5.74) is 0.766. The van der Waals surface area contributed by atoms with Crippen molar-refractivity contribution >= 4 is 23.5 Å². The van der Waals surface area contributed by atoms with Gasteiger partial charge >= 0.3 is 0 Å². The summed E-state index contributed by atoms with van der Waals surface area (Å²) < 4.78 is 19.4. The molecule has 0 spiro atoms. The van der Waals surface area contributed by atoms with E-state index >= 15 is 0 Å². The monoisotopic (exact) mass is 398 g/mol. The molecular formula is C19H28ClFN4O2. The van der Waals surface area contributed by atoms with Crippen LogP contribution in [0.3, 0.4) is 0 Å². The largest absolute Gasteiger partial charge is 0.376 e. The fourth-order valence-corrected chi connectivity index (χ4v) is 2.87. The Morgan fingerprint density at radius 3 is 2.78 bits per heavy atom. The van der Waals surface area contributed by atoms with E-state index in [4.69, 9.17) is 16.3 Å². The van der Waals surface area contributed by atoms with Crippen molar-refractivity contribution in [3.63, 3.8) is 0 Å². The zero-order valence-corrected chi connectivity index (χ0v) is 16.9. The first kappa shape index (κ1) is 21.4. The van der Waals surface area contributed by atoms with E-state index in [-0.39, 0.29) is 23.6 Å². The molecule has 1 aromatic carbocycles. The van der Waals surface area contributed by atoms with Gasteiger partial charge in [-0.25, -0.2) is 9.38 Å². The van der Waals surface area contributed by atoms with Crippen LogP contribution in [0, 0.1) is 5.82 Å². The summed E-state index contributed by atoms with van der Waals surface area (Å²) in [4.78, 5) is 19.7. The molecule has 1 unspecified atom stereocenters. The molecule has 6 nitrogen and oxygen atoms in total. The lowest BCUT2D eigenvalue weighted by Gasteiger charge is -2.27. The molecule has 1 N–H and O–H groups in total. The number of aliphatic imine (C=N–C) groups is 1. The number of ether oxygens (including phenoxy) is 1. The number of hydrogen-bond donors (Lipinski definition) is 1. The molecular weight excluding hydrogens is 371 g/mol. The third-order valence-corrected chi connectivity index (χ3v) is 4.70. The first-order valence-electron chi connectivity index (χ1n) is 9.12. The highest BCUT2D eigenvalue weighted by Crippen LogP contribution is 2.16. The Balaban J connectivity index is 2.04. The van der Waals surface area contributed by atoms with E-state index < -0.39 is 5.82 Å². The third kappa shape index (κ3) is 6.99. The van der Waals surface area contributed by atoms with Crippen LogP contribution < -0.4 is 5.32 Å². The SMILES string of the molecule is CN(C)C(=O)CN=C(NCC1CCCCO1)N(C)Cc1ccc(Cl)c(F)c1. The van der Waals surface area contributed by atoms with Crippen molar-refractivity contribution in [1.82, 2.24) is 15.1 Å². The normalized spacial score (nSPS) is 17.5. The van der Waals surface area contributed by atoms with Gasteiger partial charge in [-0.2, -0.15) is 0 Å². The van der Waals surface area contributed by atoms with Crippen LogP contribution in [-0.2, 0) is 16.1 Å². The molecule has 1 saturated heterocycles. The van der Waals surface area contributed by atoms with E-state index in [1.807, 2.05) is 11.9 Å². The van der Waals surface area contributed by atoms with Gasteiger partial charge < -0.3 is 19.9 Å². The van der Waals surface area contributed by atoms with Crippen LogP contribution in [-0.4, -0.2) is 68.6 Å². The number of amides is 1. The van der Waals surface area contributed by atoms with Gasteiger partial charge in [0.2, 0.25) is 5.91 Å². The summed E-state index contributed by atoms with van der Waals surface area (Å²) in [6.45, 7) is 1.87. The van der Waals surface area contributed by atoms with Gasteiger partial charge in [-0.1, -0.05) is 17.7 Å². The second kappa shape index (κ2) is 10.5. The molecule has 0 aliphatic carbocycles. The Kier molecular flexibility index (Phi) is 8.31. The Morgan fingerprint density at radius 2 is 2.15 bits per heavy atom. The quantitative estimate of drug-likeness (QED) is 0.591. The highest BCUT2D eigenvalue weighted by atomic mass is 35.5. The van der Waals surface area contributed by atoms with Gasteiger partial charge in [0.05, 0.1) is 11.1 Å². The van der Waals surface area contributed by atoms with Crippen LogP contribution in [0.25, 0.3) is 0 Å². The lowest BCUT2D eigenvalue weighted by atomic mass is 10.1. The molecule has 1 heterocycles. The average Bonchev–Trinajstić information content (AvgIpc) is 2.65. The number of carbonyl (C=O) groups excluding carboxylic acids is 1. The first-order chi connectivity index (χ1) is 12.9. The zero-order chi connectivity index (χ0) is 19.8. The predicted octanol–water partition coefficient (Wildman–Crippen LogP) is 2.51. The summed E-state index contributed by atoms with van der Waals surface area (Å²) in [5, 5.41) is 3.39. The van der Waals surface area contributed by atoms with Crippen molar-refractivity contribution in [3.8, 4) is 0 Å². The molecule has 1 amide bonds. The summed E-state index contributed by atoms with van der Waals surface area (Å²) >= 11 is 5.75. The van der Waals surface area contributed by atoms with Gasteiger partial charge in [0.15, 0.2) is 5.96 Å². The second-order valence-electron chi connectivity index (χ2n) is 6.90. The van der Waals surface area contributed by atoms with E-state index in [1.54, 1.807) is 20.2 Å². The summed E-state index contributed by atoms with van der Waals surface area (Å²) in [5.74, 6) is 0.0382. The molecule has 1 atom stereocenters. The number of nitrogens with zero attached hydrogens (tertiary/aromatic N) is 3. The van der Waals surface area contributed by atoms with Gasteiger partial charge in [0, 0.05) is 40.8 Å². The minimum absolute atomic E-state index is 0.0418. The number of benzene rings is 1. The van der Waals surface area contributed by atoms with Gasteiger partial charge in [-0.15, -0.1) is 0 Å². The molecule has 1 aliphatic heterocycles. The van der Waals surface area contributed by atoms with Crippen LogP contribution in [0.1, 0.15) is 24.8 Å². The molecule has 1 aliphatic rings. The molecule has 1 aromatic rings. The Morgan fingerprint density at radius 1 is 1.37 bits per heavy atom. The number of nitrogens with one attached hydrogen (secondary N) is 1. The van der Waals surface area contributed by atoms with Crippen molar-refractivity contribution in [2.75, 3.05) is 40.8 Å². The van der Waals surface area contributed by atoms with E-state index in [0.29, 0.717) is 19.0 Å². The summed E-state index contributed by atoms with van der Waals surface area (Å²) in [6.07, 6.45) is 3.38. The van der Waals surface area contributed by atoms with Crippen molar-refractivity contribution in [2.45, 2.75) is 31.9 Å². The number of halogens is 2. The highest BCUT2D eigenvalue weighted by molar-refractivity contribution is 6.30. The number of likely N-dealkylation sites (N-methyl/N-ethyl adjacent to an activating group) is 1. The fourth-order valence-electron chi connectivity index (χ4n) is 2.76. The molecule has 27 heavy (non-hydrogen) atoms. The highest BCUT2D eigenvalue weighted by Gasteiger charge is 2.16.